The monoisotopic (exact) mass is 227 g/mol. The normalized spacial score (nSPS) is 33.1. The van der Waals surface area contributed by atoms with Gasteiger partial charge in [-0.3, -0.25) is 4.79 Å². The zero-order valence-corrected chi connectivity index (χ0v) is 9.91. The number of hydrogen-bond acceptors (Lipinski definition) is 4. The van der Waals surface area contributed by atoms with Crippen LogP contribution >= 0.6 is 0 Å². The van der Waals surface area contributed by atoms with Crippen LogP contribution in [0.3, 0.4) is 0 Å². The number of aliphatic hydroxyl groups is 1. The van der Waals surface area contributed by atoms with Gasteiger partial charge in [0.15, 0.2) is 0 Å². The fourth-order valence-electron chi connectivity index (χ4n) is 2.56. The molecule has 92 valence electrons. The molecule has 1 atom stereocenters. The average Bonchev–Trinajstić information content (AvgIpc) is 2.50. The van der Waals surface area contributed by atoms with Crippen molar-refractivity contribution < 1.29 is 9.90 Å². The highest BCUT2D eigenvalue weighted by atomic mass is 16.3. The van der Waals surface area contributed by atoms with Crippen LogP contribution < -0.4 is 5.32 Å². The average molecular weight is 227 g/mol. The molecule has 0 aliphatic carbocycles. The fraction of sp³-hybridized carbons (Fsp3) is 0.909. The van der Waals surface area contributed by atoms with Gasteiger partial charge in [-0.05, 0) is 13.5 Å². The van der Waals surface area contributed by atoms with Crippen molar-refractivity contribution in [3.8, 4) is 0 Å². The minimum atomic E-state index is -0.800. The van der Waals surface area contributed by atoms with Crippen LogP contribution in [0.25, 0.3) is 0 Å². The smallest absolute Gasteiger partial charge is 0.222 e. The summed E-state index contributed by atoms with van der Waals surface area (Å²) >= 11 is 0. The number of carbonyl (C=O) groups is 1. The number of nitrogens with zero attached hydrogens (tertiary/aromatic N) is 2. The van der Waals surface area contributed by atoms with Crippen LogP contribution in [0, 0.1) is 0 Å². The molecule has 0 aromatic carbocycles. The highest BCUT2D eigenvalue weighted by Gasteiger charge is 2.35. The maximum Gasteiger partial charge on any atom is 0.222 e. The molecular weight excluding hydrogens is 206 g/mol. The van der Waals surface area contributed by atoms with Crippen LogP contribution in [0.5, 0.6) is 0 Å². The summed E-state index contributed by atoms with van der Waals surface area (Å²) in [6.07, 6.45) is 1.57. The van der Waals surface area contributed by atoms with Gasteiger partial charge in [-0.15, -0.1) is 0 Å². The van der Waals surface area contributed by atoms with Crippen LogP contribution in [0.2, 0.25) is 0 Å². The first-order valence-corrected chi connectivity index (χ1v) is 5.98. The number of carbonyl (C=O) groups excluding carboxylic acids is 1. The molecule has 1 unspecified atom stereocenters. The summed E-state index contributed by atoms with van der Waals surface area (Å²) in [6.45, 7) is 4.29. The van der Waals surface area contributed by atoms with Crippen LogP contribution in [0.15, 0.2) is 0 Å². The van der Waals surface area contributed by atoms with Gasteiger partial charge in [0.1, 0.15) is 5.60 Å². The van der Waals surface area contributed by atoms with E-state index in [-0.39, 0.29) is 5.91 Å². The molecule has 16 heavy (non-hydrogen) atoms. The van der Waals surface area contributed by atoms with Crippen molar-refractivity contribution in [2.45, 2.75) is 18.4 Å². The first-order valence-electron chi connectivity index (χ1n) is 5.98. The lowest BCUT2D eigenvalue weighted by Gasteiger charge is -2.33. The van der Waals surface area contributed by atoms with Gasteiger partial charge < -0.3 is 20.2 Å². The maximum absolute atomic E-state index is 11.5. The molecule has 2 saturated heterocycles. The highest BCUT2D eigenvalue weighted by Crippen LogP contribution is 2.16. The Morgan fingerprint density at radius 3 is 3.00 bits per heavy atom. The van der Waals surface area contributed by atoms with E-state index in [1.165, 1.54) is 0 Å². The number of likely N-dealkylation sites (N-methyl/N-ethyl adjacent to an activating group) is 1. The molecule has 2 heterocycles. The van der Waals surface area contributed by atoms with E-state index in [1.807, 2.05) is 7.05 Å². The summed E-state index contributed by atoms with van der Waals surface area (Å²) < 4.78 is 0. The molecule has 0 saturated carbocycles. The van der Waals surface area contributed by atoms with Crippen molar-refractivity contribution >= 4 is 5.91 Å². The third-order valence-electron chi connectivity index (χ3n) is 3.35. The van der Waals surface area contributed by atoms with Crippen LogP contribution in [-0.4, -0.2) is 72.7 Å². The molecule has 0 spiro atoms. The van der Waals surface area contributed by atoms with Gasteiger partial charge in [-0.1, -0.05) is 0 Å². The number of likely N-dealkylation sites (tertiary alicyclic amines) is 1. The Labute approximate surface area is 96.4 Å². The molecule has 1 amide bonds. The zero-order chi connectivity index (χ0) is 11.6. The lowest BCUT2D eigenvalue weighted by Crippen LogP contribution is -2.53. The van der Waals surface area contributed by atoms with Gasteiger partial charge in [0.2, 0.25) is 5.91 Å². The lowest BCUT2D eigenvalue weighted by atomic mass is 10.0. The second-order valence-corrected chi connectivity index (χ2v) is 5.06. The van der Waals surface area contributed by atoms with E-state index in [9.17, 15) is 9.90 Å². The standard InChI is InChI=1S/C11H21N3O2/c1-13-6-4-12-7-11(16,8-13)9-14-5-2-3-10(14)15/h12,16H,2-9H2,1H3. The Balaban J connectivity index is 1.97. The molecule has 2 fully saturated rings. The van der Waals surface area contributed by atoms with E-state index in [1.54, 1.807) is 4.90 Å². The van der Waals surface area contributed by atoms with Gasteiger partial charge in [0.25, 0.3) is 0 Å². The van der Waals surface area contributed by atoms with Crippen LogP contribution in [-0.2, 0) is 4.79 Å². The molecule has 0 aromatic rings. The molecule has 5 heteroatoms. The fourth-order valence-corrected chi connectivity index (χ4v) is 2.56. The van der Waals surface area contributed by atoms with Crippen molar-refractivity contribution in [2.24, 2.45) is 0 Å². The molecule has 0 bridgehead atoms. The maximum atomic E-state index is 11.5. The molecule has 0 aromatic heterocycles. The van der Waals surface area contributed by atoms with Crippen molar-refractivity contribution in [1.29, 1.82) is 0 Å². The first-order chi connectivity index (χ1) is 7.59. The molecule has 2 N–H and O–H groups in total. The van der Waals surface area contributed by atoms with Crippen molar-refractivity contribution in [1.82, 2.24) is 15.1 Å². The lowest BCUT2D eigenvalue weighted by molar-refractivity contribution is -0.131. The summed E-state index contributed by atoms with van der Waals surface area (Å²) in [6, 6.07) is 0. The van der Waals surface area contributed by atoms with Crippen molar-refractivity contribution in [3.63, 3.8) is 0 Å². The summed E-state index contributed by atoms with van der Waals surface area (Å²) in [5.74, 6) is 0.181. The largest absolute Gasteiger partial charge is 0.385 e. The predicted octanol–water partition coefficient (Wildman–Crippen LogP) is -1.13. The minimum Gasteiger partial charge on any atom is -0.385 e. The summed E-state index contributed by atoms with van der Waals surface area (Å²) in [4.78, 5) is 15.4. The number of hydrogen-bond donors (Lipinski definition) is 2. The molecular formula is C11H21N3O2. The minimum absolute atomic E-state index is 0.181. The Morgan fingerprint density at radius 1 is 1.50 bits per heavy atom. The molecule has 5 nitrogen and oxygen atoms in total. The van der Waals surface area contributed by atoms with Gasteiger partial charge >= 0.3 is 0 Å². The Hall–Kier alpha value is -0.650. The number of nitrogens with one attached hydrogen (secondary N) is 1. The topological polar surface area (TPSA) is 55.8 Å². The summed E-state index contributed by atoms with van der Waals surface area (Å²) in [5.41, 5.74) is -0.800. The quantitative estimate of drug-likeness (QED) is 0.627. The molecule has 2 aliphatic heterocycles. The zero-order valence-electron chi connectivity index (χ0n) is 9.91. The number of amides is 1. The van der Waals surface area contributed by atoms with Gasteiger partial charge in [-0.25, -0.2) is 0 Å². The second-order valence-electron chi connectivity index (χ2n) is 5.06. The predicted molar refractivity (Wildman–Crippen MR) is 61.1 cm³/mol. The van der Waals surface area contributed by atoms with E-state index >= 15 is 0 Å². The third kappa shape index (κ3) is 2.72. The number of β-amino-alcohol motifs (C(OH)–C–C–N with tert-alkyl or cyclic N) is 1. The van der Waals surface area contributed by atoms with E-state index in [2.05, 4.69) is 10.2 Å². The molecule has 2 aliphatic rings. The van der Waals surface area contributed by atoms with Crippen LogP contribution in [0.4, 0.5) is 0 Å². The first kappa shape index (κ1) is 11.8. The molecule has 2 rings (SSSR count). The Morgan fingerprint density at radius 2 is 2.31 bits per heavy atom. The van der Waals surface area contributed by atoms with Crippen molar-refractivity contribution in [3.05, 3.63) is 0 Å². The third-order valence-corrected chi connectivity index (χ3v) is 3.35. The Kier molecular flexibility index (Phi) is 3.47. The Bertz CT molecular complexity index is 272. The van der Waals surface area contributed by atoms with Crippen molar-refractivity contribution in [2.75, 3.05) is 46.3 Å². The van der Waals surface area contributed by atoms with Gasteiger partial charge in [0, 0.05) is 39.1 Å². The highest BCUT2D eigenvalue weighted by molar-refractivity contribution is 5.78. The van der Waals surface area contributed by atoms with Gasteiger partial charge in [-0.2, -0.15) is 0 Å². The van der Waals surface area contributed by atoms with E-state index in [0.717, 1.165) is 26.1 Å². The summed E-state index contributed by atoms with van der Waals surface area (Å²) in [5, 5.41) is 13.7. The van der Waals surface area contributed by atoms with E-state index in [0.29, 0.717) is 26.1 Å². The molecule has 0 radical (unpaired) electrons. The van der Waals surface area contributed by atoms with Gasteiger partial charge in [0.05, 0.1) is 6.54 Å². The second kappa shape index (κ2) is 4.69. The van der Waals surface area contributed by atoms with E-state index < -0.39 is 5.60 Å². The van der Waals surface area contributed by atoms with E-state index in [4.69, 9.17) is 0 Å². The number of rotatable bonds is 2. The SMILES string of the molecule is CN1CCNCC(O)(CN2CCCC2=O)C1. The van der Waals surface area contributed by atoms with Crippen LogP contribution in [0.1, 0.15) is 12.8 Å². The summed E-state index contributed by atoms with van der Waals surface area (Å²) in [7, 11) is 2.00.